The maximum Gasteiger partial charge on any atom is 0.335 e. The van der Waals surface area contributed by atoms with Crippen LogP contribution in [0.25, 0.3) is 6.08 Å². The summed E-state index contributed by atoms with van der Waals surface area (Å²) in [5.74, 6) is -1.22. The van der Waals surface area contributed by atoms with Gasteiger partial charge in [0.25, 0.3) is 5.91 Å². The maximum absolute atomic E-state index is 12.7. The first-order chi connectivity index (χ1) is 12.9. The summed E-state index contributed by atoms with van der Waals surface area (Å²) in [6.07, 6.45) is 1.68. The Hall–Kier alpha value is -2.28. The minimum atomic E-state index is -1.03. The van der Waals surface area contributed by atoms with E-state index in [9.17, 15) is 9.59 Å². The lowest BCUT2D eigenvalue weighted by atomic mass is 10.2. The molecule has 1 fully saturated rings. The van der Waals surface area contributed by atoms with Crippen LogP contribution in [0.1, 0.15) is 22.8 Å². The van der Waals surface area contributed by atoms with E-state index in [4.69, 9.17) is 28.3 Å². The van der Waals surface area contributed by atoms with E-state index in [1.165, 1.54) is 28.8 Å². The Bertz CT molecular complexity index is 989. The number of hydrogen-bond donors (Lipinski definition) is 1. The van der Waals surface area contributed by atoms with Crippen molar-refractivity contribution in [3.8, 4) is 0 Å². The SMILES string of the molecule is CCN1C(=O)/C(=C\c2cccc(Cl)c2Cl)SC1=Nc1cccc(C(=O)O)c1. The average Bonchev–Trinajstić information content (AvgIpc) is 2.93. The number of benzene rings is 2. The van der Waals surface area contributed by atoms with E-state index in [2.05, 4.69) is 4.99 Å². The van der Waals surface area contributed by atoms with Gasteiger partial charge in [0.05, 0.1) is 26.2 Å². The number of thioether (sulfide) groups is 1. The number of halogens is 2. The molecule has 0 bridgehead atoms. The van der Waals surface area contributed by atoms with E-state index >= 15 is 0 Å². The molecule has 0 aliphatic carbocycles. The molecule has 1 aliphatic rings. The Kier molecular flexibility index (Phi) is 5.89. The van der Waals surface area contributed by atoms with Crippen LogP contribution >= 0.6 is 35.0 Å². The van der Waals surface area contributed by atoms with Crippen LogP contribution in [0.4, 0.5) is 5.69 Å². The van der Waals surface area contributed by atoms with E-state index in [0.29, 0.717) is 37.9 Å². The number of amides is 1. The summed E-state index contributed by atoms with van der Waals surface area (Å²) in [5, 5.41) is 10.4. The quantitative estimate of drug-likeness (QED) is 0.679. The molecule has 0 saturated carbocycles. The van der Waals surface area contributed by atoms with Crippen molar-refractivity contribution in [3.63, 3.8) is 0 Å². The van der Waals surface area contributed by atoms with Crippen molar-refractivity contribution < 1.29 is 14.7 Å². The lowest BCUT2D eigenvalue weighted by molar-refractivity contribution is -0.122. The van der Waals surface area contributed by atoms with Gasteiger partial charge in [-0.1, -0.05) is 41.4 Å². The monoisotopic (exact) mass is 420 g/mol. The van der Waals surface area contributed by atoms with Crippen LogP contribution < -0.4 is 0 Å². The molecule has 138 valence electrons. The van der Waals surface area contributed by atoms with Gasteiger partial charge in [0, 0.05) is 6.54 Å². The van der Waals surface area contributed by atoms with Crippen molar-refractivity contribution in [2.24, 2.45) is 4.99 Å². The first-order valence-corrected chi connectivity index (χ1v) is 9.55. The number of amidine groups is 1. The number of aliphatic imine (C=N–C) groups is 1. The Labute approximate surface area is 170 Å². The summed E-state index contributed by atoms with van der Waals surface area (Å²) in [5.41, 5.74) is 1.24. The maximum atomic E-state index is 12.7. The number of likely N-dealkylation sites (N-methyl/N-ethyl adjacent to an activating group) is 1. The number of carbonyl (C=O) groups is 2. The minimum Gasteiger partial charge on any atom is -0.478 e. The number of rotatable bonds is 4. The predicted molar refractivity (Wildman–Crippen MR) is 110 cm³/mol. The Morgan fingerprint density at radius 3 is 2.70 bits per heavy atom. The standard InChI is InChI=1S/C19H14Cl2N2O3S/c1-2-23-17(24)15(10-11-5-4-8-14(20)16(11)21)27-19(23)22-13-7-3-6-12(9-13)18(25)26/h3-10H,2H2,1H3,(H,25,26)/b15-10+,22-19?. The lowest BCUT2D eigenvalue weighted by Crippen LogP contribution is -2.28. The summed E-state index contributed by atoms with van der Waals surface area (Å²) < 4.78 is 0. The molecule has 1 amide bonds. The highest BCUT2D eigenvalue weighted by Crippen LogP contribution is 2.36. The van der Waals surface area contributed by atoms with Crippen molar-refractivity contribution in [2.45, 2.75) is 6.92 Å². The second-order valence-electron chi connectivity index (χ2n) is 5.55. The van der Waals surface area contributed by atoms with Crippen LogP contribution in [-0.4, -0.2) is 33.6 Å². The number of nitrogens with zero attached hydrogens (tertiary/aromatic N) is 2. The van der Waals surface area contributed by atoms with Crippen molar-refractivity contribution in [1.29, 1.82) is 0 Å². The number of carboxylic acid groups (broad SMARTS) is 1. The lowest BCUT2D eigenvalue weighted by Gasteiger charge is -2.12. The van der Waals surface area contributed by atoms with Crippen LogP contribution in [0.3, 0.4) is 0 Å². The summed E-state index contributed by atoms with van der Waals surface area (Å²) in [6.45, 7) is 2.28. The predicted octanol–water partition coefficient (Wildman–Crippen LogP) is 5.32. The van der Waals surface area contributed by atoms with Crippen LogP contribution in [0.5, 0.6) is 0 Å². The van der Waals surface area contributed by atoms with Gasteiger partial charge in [-0.15, -0.1) is 0 Å². The van der Waals surface area contributed by atoms with E-state index in [0.717, 1.165) is 0 Å². The summed E-state index contributed by atoms with van der Waals surface area (Å²) in [6, 6.07) is 11.5. The van der Waals surface area contributed by atoms with Crippen molar-refractivity contribution in [2.75, 3.05) is 6.54 Å². The number of carbonyl (C=O) groups excluding carboxylic acids is 1. The number of hydrogen-bond acceptors (Lipinski definition) is 4. The van der Waals surface area contributed by atoms with Crippen molar-refractivity contribution >= 4 is 63.8 Å². The van der Waals surface area contributed by atoms with E-state index in [1.807, 2.05) is 6.92 Å². The Morgan fingerprint density at radius 2 is 2.00 bits per heavy atom. The summed E-state index contributed by atoms with van der Waals surface area (Å²) in [4.78, 5) is 30.3. The molecule has 8 heteroatoms. The number of carboxylic acids is 1. The molecule has 1 heterocycles. The van der Waals surface area contributed by atoms with Crippen LogP contribution in [0, 0.1) is 0 Å². The molecule has 0 spiro atoms. The Morgan fingerprint density at radius 1 is 1.26 bits per heavy atom. The third kappa shape index (κ3) is 4.18. The molecule has 1 aliphatic heterocycles. The first-order valence-electron chi connectivity index (χ1n) is 7.98. The normalized spacial score (nSPS) is 17.1. The molecular formula is C19H14Cl2N2O3S. The van der Waals surface area contributed by atoms with Crippen molar-refractivity contribution in [1.82, 2.24) is 4.90 Å². The van der Waals surface area contributed by atoms with Gasteiger partial charge in [-0.2, -0.15) is 0 Å². The molecule has 1 saturated heterocycles. The molecule has 2 aromatic rings. The van der Waals surface area contributed by atoms with E-state index in [-0.39, 0.29) is 11.5 Å². The van der Waals surface area contributed by atoms with Gasteiger partial charge in [-0.05, 0) is 54.6 Å². The zero-order chi connectivity index (χ0) is 19.6. The second-order valence-corrected chi connectivity index (χ2v) is 7.35. The zero-order valence-electron chi connectivity index (χ0n) is 14.1. The Balaban J connectivity index is 1.97. The van der Waals surface area contributed by atoms with Crippen molar-refractivity contribution in [3.05, 3.63) is 68.5 Å². The molecule has 5 nitrogen and oxygen atoms in total. The molecular weight excluding hydrogens is 407 g/mol. The summed E-state index contributed by atoms with van der Waals surface area (Å²) >= 11 is 13.4. The van der Waals surface area contributed by atoms with Gasteiger partial charge in [0.15, 0.2) is 5.17 Å². The number of aromatic carboxylic acids is 1. The van der Waals surface area contributed by atoms with E-state index in [1.54, 1.807) is 36.4 Å². The zero-order valence-corrected chi connectivity index (χ0v) is 16.5. The average molecular weight is 421 g/mol. The molecule has 3 rings (SSSR count). The van der Waals surface area contributed by atoms with Crippen LogP contribution in [-0.2, 0) is 4.79 Å². The minimum absolute atomic E-state index is 0.135. The van der Waals surface area contributed by atoms with Crippen LogP contribution in [0.15, 0.2) is 52.4 Å². The van der Waals surface area contributed by atoms with E-state index < -0.39 is 5.97 Å². The van der Waals surface area contributed by atoms with Gasteiger partial charge in [0.1, 0.15) is 0 Å². The van der Waals surface area contributed by atoms with Gasteiger partial charge in [-0.25, -0.2) is 9.79 Å². The largest absolute Gasteiger partial charge is 0.478 e. The third-order valence-electron chi connectivity index (χ3n) is 3.79. The van der Waals surface area contributed by atoms with Gasteiger partial charge < -0.3 is 5.11 Å². The van der Waals surface area contributed by atoms with Gasteiger partial charge in [-0.3, -0.25) is 9.69 Å². The molecule has 27 heavy (non-hydrogen) atoms. The highest BCUT2D eigenvalue weighted by Gasteiger charge is 2.32. The third-order valence-corrected chi connectivity index (χ3v) is 5.63. The van der Waals surface area contributed by atoms with Gasteiger partial charge >= 0.3 is 5.97 Å². The molecule has 1 N–H and O–H groups in total. The highest BCUT2D eigenvalue weighted by molar-refractivity contribution is 8.18. The molecule has 0 unspecified atom stereocenters. The first kappa shape index (κ1) is 19.5. The second kappa shape index (κ2) is 8.17. The molecule has 0 aromatic heterocycles. The van der Waals surface area contributed by atoms with Gasteiger partial charge in [0.2, 0.25) is 0 Å². The fourth-order valence-corrected chi connectivity index (χ4v) is 3.88. The summed E-state index contributed by atoms with van der Waals surface area (Å²) in [7, 11) is 0. The smallest absolute Gasteiger partial charge is 0.335 e. The fourth-order valence-electron chi connectivity index (χ4n) is 2.46. The molecule has 0 radical (unpaired) electrons. The van der Waals surface area contributed by atoms with Crippen LogP contribution in [0.2, 0.25) is 10.0 Å². The topological polar surface area (TPSA) is 70.0 Å². The fraction of sp³-hybridized carbons (Fsp3) is 0.105. The molecule has 2 aromatic carbocycles. The molecule has 0 atom stereocenters. The highest BCUT2D eigenvalue weighted by atomic mass is 35.5.